The summed E-state index contributed by atoms with van der Waals surface area (Å²) >= 11 is -2.67. The molecule has 52 heavy (non-hydrogen) atoms. The molecular formula is C49H48Cl2Ti. The Kier molecular flexibility index (Phi) is 10.5. The minimum absolute atomic E-state index is 0. The Morgan fingerprint density at radius 2 is 0.865 bits per heavy atom. The summed E-state index contributed by atoms with van der Waals surface area (Å²) in [5.41, 5.74) is 15.4. The van der Waals surface area contributed by atoms with Crippen molar-refractivity contribution in [3.63, 3.8) is 0 Å². The molecule has 0 nitrogen and oxygen atoms in total. The molecule has 6 aromatic rings. The molecule has 1 aliphatic heterocycles. The van der Waals surface area contributed by atoms with Crippen LogP contribution in [0.5, 0.6) is 0 Å². The molecule has 0 N–H and O–H groups in total. The van der Waals surface area contributed by atoms with Crippen molar-refractivity contribution in [3.8, 4) is 22.3 Å². The molecule has 9 rings (SSSR count). The number of allylic oxidation sites excluding steroid dienone is 2. The van der Waals surface area contributed by atoms with Crippen molar-refractivity contribution >= 4 is 33.7 Å². The number of fused-ring (bicyclic) bond motifs is 4. The van der Waals surface area contributed by atoms with E-state index in [1.807, 2.05) is 0 Å². The van der Waals surface area contributed by atoms with Crippen LogP contribution in [0.25, 0.3) is 56.0 Å². The van der Waals surface area contributed by atoms with Gasteiger partial charge in [-0.2, -0.15) is 0 Å². The largest absolute Gasteiger partial charge is 1.00 e. The van der Waals surface area contributed by atoms with Gasteiger partial charge in [-0.3, -0.25) is 0 Å². The first-order chi connectivity index (χ1) is 24.4. The molecular weight excluding hydrogens is 707 g/mol. The van der Waals surface area contributed by atoms with Gasteiger partial charge in [-0.1, -0.05) is 0 Å². The number of benzene rings is 6. The average Bonchev–Trinajstić information content (AvgIpc) is 3.65. The summed E-state index contributed by atoms with van der Waals surface area (Å²) in [7, 11) is 0. The second-order valence-electron chi connectivity index (χ2n) is 16.3. The van der Waals surface area contributed by atoms with Crippen molar-refractivity contribution in [1.29, 1.82) is 0 Å². The third kappa shape index (κ3) is 6.05. The van der Waals surface area contributed by atoms with E-state index in [2.05, 4.69) is 161 Å². The van der Waals surface area contributed by atoms with Crippen LogP contribution in [0.3, 0.4) is 0 Å². The minimum atomic E-state index is -2.67. The van der Waals surface area contributed by atoms with E-state index < -0.39 is 16.6 Å². The second kappa shape index (κ2) is 14.8. The maximum atomic E-state index is 2.69. The fourth-order valence-electron chi connectivity index (χ4n) is 10.3. The first kappa shape index (κ1) is 37.0. The molecule has 1 saturated heterocycles. The smallest absolute Gasteiger partial charge is 1.00 e. The predicted molar refractivity (Wildman–Crippen MR) is 213 cm³/mol. The Morgan fingerprint density at radius 1 is 0.481 bits per heavy atom. The van der Waals surface area contributed by atoms with Gasteiger partial charge in [-0.05, 0) is 0 Å². The Morgan fingerprint density at radius 3 is 1.27 bits per heavy atom. The SMILES string of the molecule is CC(C)CC1=Cc2c(-c3cccc4ccccc34)cccc2[CH]1[Ti+2]1([CH]2C(CC(C)C)=Cc3c(-c4cccc5ccccc45)cccc32)[CH2]C[CH2]1.[Cl-].[Cl-]. The van der Waals surface area contributed by atoms with Crippen LogP contribution >= 0.6 is 0 Å². The van der Waals surface area contributed by atoms with Crippen molar-refractivity contribution in [3.05, 3.63) is 155 Å². The molecule has 1 fully saturated rings. The summed E-state index contributed by atoms with van der Waals surface area (Å²) in [6.07, 6.45) is 9.17. The van der Waals surface area contributed by atoms with Gasteiger partial charge >= 0.3 is 304 Å². The molecule has 2 unspecified atom stereocenters. The third-order valence-corrected chi connectivity index (χ3v) is 21.9. The Balaban J connectivity index is 0.00000210. The number of hydrogen-bond acceptors (Lipinski definition) is 0. The monoisotopic (exact) mass is 754 g/mol. The Hall–Kier alpha value is -3.39. The van der Waals surface area contributed by atoms with Crippen LogP contribution in [-0.2, 0) is 16.6 Å². The summed E-state index contributed by atoms with van der Waals surface area (Å²) in [6, 6.07) is 46.3. The molecule has 0 amide bonds. The van der Waals surface area contributed by atoms with E-state index in [1.165, 1.54) is 83.6 Å². The van der Waals surface area contributed by atoms with Crippen LogP contribution in [-0.4, -0.2) is 0 Å². The van der Waals surface area contributed by atoms with Gasteiger partial charge in [0.15, 0.2) is 0 Å². The number of rotatable bonds is 8. The van der Waals surface area contributed by atoms with Crippen molar-refractivity contribution < 1.29 is 41.4 Å². The van der Waals surface area contributed by atoms with E-state index in [4.69, 9.17) is 0 Å². The van der Waals surface area contributed by atoms with Crippen LogP contribution < -0.4 is 24.8 Å². The van der Waals surface area contributed by atoms with Crippen LogP contribution in [0.2, 0.25) is 9.45 Å². The van der Waals surface area contributed by atoms with Crippen LogP contribution in [0.1, 0.15) is 77.7 Å². The van der Waals surface area contributed by atoms with E-state index in [0.29, 0.717) is 20.3 Å². The molecule has 0 aromatic heterocycles. The van der Waals surface area contributed by atoms with E-state index in [0.717, 1.165) is 0 Å². The zero-order chi connectivity index (χ0) is 34.0. The van der Waals surface area contributed by atoms with E-state index in [9.17, 15) is 0 Å². The molecule has 3 aliphatic rings. The maximum absolute atomic E-state index is 2.69. The van der Waals surface area contributed by atoms with Gasteiger partial charge < -0.3 is 24.8 Å². The Labute approximate surface area is 326 Å². The van der Waals surface area contributed by atoms with Gasteiger partial charge in [-0.25, -0.2) is 0 Å². The van der Waals surface area contributed by atoms with Crippen molar-refractivity contribution in [1.82, 2.24) is 0 Å². The quantitative estimate of drug-likeness (QED) is 0.137. The molecule has 0 bridgehead atoms. The molecule has 1 heterocycles. The van der Waals surface area contributed by atoms with Gasteiger partial charge in [0.25, 0.3) is 0 Å². The average molecular weight is 756 g/mol. The van der Waals surface area contributed by atoms with Crippen molar-refractivity contribution in [2.24, 2.45) is 11.8 Å². The molecule has 6 aromatic carbocycles. The van der Waals surface area contributed by atoms with Crippen LogP contribution in [0.15, 0.2) is 132 Å². The first-order valence-corrected chi connectivity index (χ1v) is 23.1. The van der Waals surface area contributed by atoms with Crippen LogP contribution in [0.4, 0.5) is 0 Å². The van der Waals surface area contributed by atoms with Gasteiger partial charge in [-0.15, -0.1) is 0 Å². The predicted octanol–water partition coefficient (Wildman–Crippen LogP) is 8.40. The van der Waals surface area contributed by atoms with Crippen molar-refractivity contribution in [2.75, 3.05) is 0 Å². The summed E-state index contributed by atoms with van der Waals surface area (Å²) in [4.78, 5) is 0. The second-order valence-corrected chi connectivity index (χ2v) is 23.5. The van der Waals surface area contributed by atoms with E-state index >= 15 is 0 Å². The Bertz CT molecular complexity index is 2170. The summed E-state index contributed by atoms with van der Waals surface area (Å²) < 4.78 is 4.17. The fraction of sp³-hybridized carbons (Fsp3) is 0.265. The molecule has 3 heteroatoms. The zero-order valence-electron chi connectivity index (χ0n) is 30.8. The molecule has 2 atom stereocenters. The zero-order valence-corrected chi connectivity index (χ0v) is 33.9. The van der Waals surface area contributed by atoms with Crippen LogP contribution in [0, 0.1) is 11.8 Å². The standard InChI is InChI=1S/2C23H21.C3H6.2ClH.Ti/c2*1-16(2)13-17-14-19-9-6-12-22(23(19)15-17)21-11-5-8-18-7-3-4-10-20(18)21;1-3-2;;;/h2*3-12,14-16H,13H2,1-2H3;1-3H2;2*1H;/q;;;;;+2/p-2. The van der Waals surface area contributed by atoms with Crippen molar-refractivity contribution in [2.45, 2.75) is 64.9 Å². The van der Waals surface area contributed by atoms with E-state index in [-0.39, 0.29) is 24.8 Å². The molecule has 262 valence electrons. The maximum Gasteiger partial charge on any atom is -1.00 e. The third-order valence-electron chi connectivity index (χ3n) is 12.2. The first-order valence-electron chi connectivity index (χ1n) is 19.1. The van der Waals surface area contributed by atoms with Gasteiger partial charge in [0, 0.05) is 0 Å². The summed E-state index contributed by atoms with van der Waals surface area (Å²) in [5, 5.41) is 5.37. The topological polar surface area (TPSA) is 0 Å². The molecule has 0 radical (unpaired) electrons. The number of hydrogen-bond donors (Lipinski definition) is 0. The number of halogens is 2. The summed E-state index contributed by atoms with van der Waals surface area (Å²) in [6.45, 7) is 9.72. The molecule has 0 saturated carbocycles. The van der Waals surface area contributed by atoms with E-state index in [1.54, 1.807) is 22.3 Å². The molecule has 0 spiro atoms. The van der Waals surface area contributed by atoms with Gasteiger partial charge in [0.05, 0.1) is 0 Å². The molecule has 2 aliphatic carbocycles. The van der Waals surface area contributed by atoms with Gasteiger partial charge in [0.1, 0.15) is 0 Å². The van der Waals surface area contributed by atoms with Gasteiger partial charge in [0.2, 0.25) is 0 Å². The normalized spacial score (nSPS) is 17.7. The fourth-order valence-corrected chi connectivity index (χ4v) is 20.1. The summed E-state index contributed by atoms with van der Waals surface area (Å²) in [5.74, 6) is 1.27. The minimum Gasteiger partial charge on any atom is -1.00 e.